The van der Waals surface area contributed by atoms with E-state index in [2.05, 4.69) is 18.3 Å². The first-order valence-corrected chi connectivity index (χ1v) is 7.51. The highest BCUT2D eigenvalue weighted by atomic mass is 16.3. The molecule has 1 saturated carbocycles. The number of aliphatic hydroxyl groups is 1. The highest BCUT2D eigenvalue weighted by Crippen LogP contribution is 2.32. The standard InChI is InChI=1S/C17H24N2O/c1-14-7-10-17(20,11-8-14)13-19-16(9-12-18)15-5-3-2-4-6-15/h2-6,14,16,19-20H,7-11,13H2,1H3. The maximum Gasteiger partial charge on any atom is 0.0772 e. The van der Waals surface area contributed by atoms with Gasteiger partial charge in [0.1, 0.15) is 0 Å². The van der Waals surface area contributed by atoms with Crippen molar-refractivity contribution in [2.24, 2.45) is 5.92 Å². The molecule has 0 saturated heterocycles. The van der Waals surface area contributed by atoms with Crippen molar-refractivity contribution >= 4 is 0 Å². The van der Waals surface area contributed by atoms with Crippen LogP contribution in [0.2, 0.25) is 0 Å². The van der Waals surface area contributed by atoms with Gasteiger partial charge in [0.2, 0.25) is 0 Å². The van der Waals surface area contributed by atoms with E-state index in [0.717, 1.165) is 37.2 Å². The molecule has 0 amide bonds. The summed E-state index contributed by atoms with van der Waals surface area (Å²) >= 11 is 0. The number of hydrogen-bond acceptors (Lipinski definition) is 3. The average Bonchev–Trinajstić information content (AvgIpc) is 2.48. The lowest BCUT2D eigenvalue weighted by atomic mass is 9.79. The zero-order valence-corrected chi connectivity index (χ0v) is 12.2. The van der Waals surface area contributed by atoms with Crippen LogP contribution in [0, 0.1) is 17.2 Å². The molecule has 1 aromatic carbocycles. The van der Waals surface area contributed by atoms with Crippen LogP contribution in [0.3, 0.4) is 0 Å². The molecule has 0 spiro atoms. The van der Waals surface area contributed by atoms with Gasteiger partial charge in [-0.1, -0.05) is 37.3 Å². The van der Waals surface area contributed by atoms with E-state index in [0.29, 0.717) is 13.0 Å². The fourth-order valence-electron chi connectivity index (χ4n) is 2.87. The highest BCUT2D eigenvalue weighted by Gasteiger charge is 2.32. The van der Waals surface area contributed by atoms with E-state index in [1.165, 1.54) is 0 Å². The Morgan fingerprint density at radius 2 is 2.00 bits per heavy atom. The van der Waals surface area contributed by atoms with Crippen molar-refractivity contribution in [3.8, 4) is 6.07 Å². The van der Waals surface area contributed by atoms with E-state index in [4.69, 9.17) is 5.26 Å². The summed E-state index contributed by atoms with van der Waals surface area (Å²) in [5.74, 6) is 0.722. The van der Waals surface area contributed by atoms with Crippen molar-refractivity contribution in [3.63, 3.8) is 0 Å². The third-order valence-electron chi connectivity index (χ3n) is 4.38. The molecule has 1 unspecified atom stereocenters. The number of nitriles is 1. The maximum absolute atomic E-state index is 10.6. The molecule has 1 aliphatic carbocycles. The number of nitrogens with one attached hydrogen (secondary N) is 1. The summed E-state index contributed by atoms with van der Waals surface area (Å²) in [6.07, 6.45) is 4.32. The van der Waals surface area contributed by atoms with E-state index in [-0.39, 0.29) is 6.04 Å². The highest BCUT2D eigenvalue weighted by molar-refractivity contribution is 5.20. The smallest absolute Gasteiger partial charge is 0.0772 e. The van der Waals surface area contributed by atoms with Crippen LogP contribution in [-0.4, -0.2) is 17.3 Å². The molecule has 2 N–H and O–H groups in total. The molecule has 2 rings (SSSR count). The van der Waals surface area contributed by atoms with Crippen molar-refractivity contribution in [1.82, 2.24) is 5.32 Å². The van der Waals surface area contributed by atoms with E-state index < -0.39 is 5.60 Å². The van der Waals surface area contributed by atoms with Crippen molar-refractivity contribution in [2.45, 2.75) is 50.7 Å². The van der Waals surface area contributed by atoms with Crippen LogP contribution in [0.15, 0.2) is 30.3 Å². The summed E-state index contributed by atoms with van der Waals surface area (Å²) in [5, 5.41) is 23.0. The second-order valence-electron chi connectivity index (χ2n) is 6.11. The van der Waals surface area contributed by atoms with Crippen LogP contribution in [0.5, 0.6) is 0 Å². The minimum atomic E-state index is -0.602. The van der Waals surface area contributed by atoms with E-state index in [1.807, 2.05) is 30.3 Å². The summed E-state index contributed by atoms with van der Waals surface area (Å²) in [7, 11) is 0. The first-order chi connectivity index (χ1) is 9.63. The normalized spacial score (nSPS) is 27.8. The zero-order valence-electron chi connectivity index (χ0n) is 12.2. The number of nitrogens with zero attached hydrogens (tertiary/aromatic N) is 1. The van der Waals surface area contributed by atoms with Crippen molar-refractivity contribution in [3.05, 3.63) is 35.9 Å². The predicted octanol–water partition coefficient (Wildman–Crippen LogP) is 3.17. The van der Waals surface area contributed by atoms with Crippen molar-refractivity contribution in [1.29, 1.82) is 5.26 Å². The van der Waals surface area contributed by atoms with Crippen LogP contribution in [-0.2, 0) is 0 Å². The minimum Gasteiger partial charge on any atom is -0.389 e. The number of benzene rings is 1. The molecule has 0 aromatic heterocycles. The van der Waals surface area contributed by atoms with Gasteiger partial charge in [0, 0.05) is 12.6 Å². The van der Waals surface area contributed by atoms with E-state index in [9.17, 15) is 5.11 Å². The average molecular weight is 272 g/mol. The molecule has 1 atom stereocenters. The monoisotopic (exact) mass is 272 g/mol. The lowest BCUT2D eigenvalue weighted by Gasteiger charge is -2.36. The fourth-order valence-corrected chi connectivity index (χ4v) is 2.87. The lowest BCUT2D eigenvalue weighted by Crippen LogP contribution is -2.44. The molecule has 3 nitrogen and oxygen atoms in total. The van der Waals surface area contributed by atoms with Gasteiger partial charge in [-0.2, -0.15) is 5.26 Å². The van der Waals surface area contributed by atoms with Gasteiger partial charge in [0.05, 0.1) is 18.1 Å². The fraction of sp³-hybridized carbons (Fsp3) is 0.588. The topological polar surface area (TPSA) is 56.0 Å². The molecule has 1 aliphatic rings. The minimum absolute atomic E-state index is 0.00424. The molecule has 20 heavy (non-hydrogen) atoms. The Kier molecular flexibility index (Phi) is 5.17. The van der Waals surface area contributed by atoms with Crippen molar-refractivity contribution in [2.75, 3.05) is 6.54 Å². The largest absolute Gasteiger partial charge is 0.389 e. The Balaban J connectivity index is 1.94. The molecule has 0 bridgehead atoms. The first-order valence-electron chi connectivity index (χ1n) is 7.51. The first kappa shape index (κ1) is 15.0. The van der Waals surface area contributed by atoms with Gasteiger partial charge in [-0.25, -0.2) is 0 Å². The van der Waals surface area contributed by atoms with Crippen molar-refractivity contribution < 1.29 is 5.11 Å². The molecule has 1 fully saturated rings. The molecule has 3 heteroatoms. The van der Waals surface area contributed by atoms with Crippen LogP contribution in [0.25, 0.3) is 0 Å². The second kappa shape index (κ2) is 6.88. The Bertz CT molecular complexity index is 444. The summed E-state index contributed by atoms with van der Waals surface area (Å²) in [6.45, 7) is 2.82. The predicted molar refractivity (Wildman–Crippen MR) is 80.0 cm³/mol. The molecule has 0 radical (unpaired) electrons. The molecular formula is C17H24N2O. The lowest BCUT2D eigenvalue weighted by molar-refractivity contribution is -0.00813. The Morgan fingerprint density at radius 3 is 2.60 bits per heavy atom. The Morgan fingerprint density at radius 1 is 1.35 bits per heavy atom. The number of rotatable bonds is 5. The van der Waals surface area contributed by atoms with E-state index >= 15 is 0 Å². The third kappa shape index (κ3) is 4.06. The zero-order chi connectivity index (χ0) is 14.4. The summed E-state index contributed by atoms with van der Waals surface area (Å²) < 4.78 is 0. The molecular weight excluding hydrogens is 248 g/mol. The maximum atomic E-state index is 10.6. The molecule has 108 valence electrons. The van der Waals surface area contributed by atoms with Gasteiger partial charge in [0.25, 0.3) is 0 Å². The number of hydrogen-bond donors (Lipinski definition) is 2. The molecule has 1 aromatic rings. The van der Waals surface area contributed by atoms with Gasteiger partial charge in [-0.15, -0.1) is 0 Å². The quantitative estimate of drug-likeness (QED) is 0.865. The second-order valence-corrected chi connectivity index (χ2v) is 6.11. The molecule has 0 heterocycles. The third-order valence-corrected chi connectivity index (χ3v) is 4.38. The van der Waals surface area contributed by atoms with Gasteiger partial charge in [-0.05, 0) is 37.2 Å². The van der Waals surface area contributed by atoms with Crippen LogP contribution in [0.1, 0.15) is 50.6 Å². The van der Waals surface area contributed by atoms with Crippen LogP contribution in [0.4, 0.5) is 0 Å². The summed E-state index contributed by atoms with van der Waals surface area (Å²) in [6, 6.07) is 12.2. The Hall–Kier alpha value is -1.37. The van der Waals surface area contributed by atoms with Gasteiger partial charge >= 0.3 is 0 Å². The van der Waals surface area contributed by atoms with Gasteiger partial charge in [-0.3, -0.25) is 0 Å². The summed E-state index contributed by atoms with van der Waals surface area (Å²) in [5.41, 5.74) is 0.511. The summed E-state index contributed by atoms with van der Waals surface area (Å²) in [4.78, 5) is 0. The van der Waals surface area contributed by atoms with Gasteiger partial charge < -0.3 is 10.4 Å². The Labute approximate surface area is 121 Å². The van der Waals surface area contributed by atoms with Gasteiger partial charge in [0.15, 0.2) is 0 Å². The van der Waals surface area contributed by atoms with E-state index in [1.54, 1.807) is 0 Å². The van der Waals surface area contributed by atoms with Crippen LogP contribution >= 0.6 is 0 Å². The van der Waals surface area contributed by atoms with Crippen LogP contribution < -0.4 is 5.32 Å². The molecule has 0 aliphatic heterocycles. The SMILES string of the molecule is CC1CCC(O)(CNC(CC#N)c2ccccc2)CC1.